The van der Waals surface area contributed by atoms with Gasteiger partial charge in [0, 0.05) is 13.1 Å². The highest BCUT2D eigenvalue weighted by molar-refractivity contribution is 7.89. The topological polar surface area (TPSA) is 131 Å². The van der Waals surface area contributed by atoms with E-state index in [4.69, 9.17) is 15.3 Å². The number of rotatable bonds is 4. The van der Waals surface area contributed by atoms with E-state index in [0.29, 0.717) is 6.42 Å². The van der Waals surface area contributed by atoms with E-state index in [1.807, 2.05) is 0 Å². The number of hydrogen-bond acceptors (Lipinski definition) is 5. The van der Waals surface area contributed by atoms with Crippen LogP contribution in [0.2, 0.25) is 0 Å². The number of nitrogens with two attached hydrogens (primary N) is 1. The Morgan fingerprint density at radius 3 is 2.58 bits per heavy atom. The zero-order valence-corrected chi connectivity index (χ0v) is 10.6. The van der Waals surface area contributed by atoms with E-state index in [1.165, 1.54) is 0 Å². The van der Waals surface area contributed by atoms with Crippen LogP contribution in [0.25, 0.3) is 0 Å². The fraction of sp³-hybridized carbons (Fsp3) is 0.400. The summed E-state index contributed by atoms with van der Waals surface area (Å²) in [6.07, 6.45) is 0.348. The van der Waals surface area contributed by atoms with Crippen LogP contribution in [-0.2, 0) is 14.8 Å². The van der Waals surface area contributed by atoms with Gasteiger partial charge in [0.05, 0.1) is 5.92 Å². The average Bonchev–Trinajstić information content (AvgIpc) is 2.99. The van der Waals surface area contributed by atoms with Crippen molar-refractivity contribution in [3.63, 3.8) is 0 Å². The van der Waals surface area contributed by atoms with Crippen LogP contribution in [0.5, 0.6) is 0 Å². The normalized spacial score (nSPS) is 20.5. The molecule has 0 aromatic carbocycles. The maximum Gasteiger partial charge on any atom is 0.371 e. The summed E-state index contributed by atoms with van der Waals surface area (Å²) in [4.78, 5) is 21.6. The predicted octanol–water partition coefficient (Wildman–Crippen LogP) is -0.526. The van der Waals surface area contributed by atoms with E-state index < -0.39 is 38.7 Å². The van der Waals surface area contributed by atoms with E-state index >= 15 is 0 Å². The number of carbonyl (C=O) groups is 2. The minimum atomic E-state index is -3.92. The van der Waals surface area contributed by atoms with Crippen LogP contribution in [0.15, 0.2) is 21.6 Å². The summed E-state index contributed by atoms with van der Waals surface area (Å²) in [7, 11) is -3.92. The van der Waals surface area contributed by atoms with E-state index in [9.17, 15) is 18.0 Å². The first-order valence-corrected chi connectivity index (χ1v) is 6.89. The summed E-state index contributed by atoms with van der Waals surface area (Å²) in [6.45, 7) is 0.139. The summed E-state index contributed by atoms with van der Waals surface area (Å²) in [5.74, 6) is -2.88. The Balaban J connectivity index is 2.23. The van der Waals surface area contributed by atoms with Crippen LogP contribution in [0.1, 0.15) is 17.0 Å². The van der Waals surface area contributed by atoms with Gasteiger partial charge in [-0.3, -0.25) is 4.79 Å². The molecule has 8 nitrogen and oxygen atoms in total. The minimum Gasteiger partial charge on any atom is -0.475 e. The molecule has 0 aliphatic carbocycles. The van der Waals surface area contributed by atoms with Gasteiger partial charge >= 0.3 is 5.97 Å². The van der Waals surface area contributed by atoms with Crippen molar-refractivity contribution in [2.24, 2.45) is 11.7 Å². The van der Waals surface area contributed by atoms with Gasteiger partial charge in [-0.25, -0.2) is 13.2 Å². The second kappa shape index (κ2) is 4.67. The first kappa shape index (κ1) is 13.6. The van der Waals surface area contributed by atoms with Crippen LogP contribution in [0.4, 0.5) is 0 Å². The third-order valence-electron chi connectivity index (χ3n) is 2.94. The quantitative estimate of drug-likeness (QED) is 0.766. The van der Waals surface area contributed by atoms with Crippen molar-refractivity contribution < 1.29 is 27.5 Å². The summed E-state index contributed by atoms with van der Waals surface area (Å²) in [5.41, 5.74) is 5.12. The van der Waals surface area contributed by atoms with Crippen LogP contribution in [-0.4, -0.2) is 42.8 Å². The number of nitrogens with zero attached hydrogens (tertiary/aromatic N) is 1. The number of carboxylic acids is 1. The van der Waals surface area contributed by atoms with Gasteiger partial charge in [0.25, 0.3) is 10.0 Å². The van der Waals surface area contributed by atoms with Crippen LogP contribution < -0.4 is 5.73 Å². The molecule has 0 saturated carbocycles. The lowest BCUT2D eigenvalue weighted by Gasteiger charge is -2.13. The zero-order chi connectivity index (χ0) is 14.2. The molecule has 9 heteroatoms. The maximum atomic E-state index is 12.1. The number of sulfonamides is 1. The van der Waals surface area contributed by atoms with Crippen LogP contribution >= 0.6 is 0 Å². The standard InChI is InChI=1S/C10H12N2O6S/c11-9(13)6-3-4-12(5-6)19(16,17)8-2-1-7(18-8)10(14)15/h1-2,6H,3-5H2,(H2,11,13)(H,14,15). The molecular formula is C10H12N2O6S. The summed E-state index contributed by atoms with van der Waals surface area (Å²) in [5, 5.41) is 8.23. The first-order chi connectivity index (χ1) is 8.82. The number of amides is 1. The lowest BCUT2D eigenvalue weighted by molar-refractivity contribution is -0.121. The fourth-order valence-corrected chi connectivity index (χ4v) is 3.29. The third-order valence-corrected chi connectivity index (χ3v) is 4.68. The van der Waals surface area contributed by atoms with E-state index in [2.05, 4.69) is 0 Å². The molecule has 1 aromatic rings. The lowest BCUT2D eigenvalue weighted by atomic mass is 10.1. The Morgan fingerprint density at radius 2 is 2.11 bits per heavy atom. The number of primary amides is 1. The summed E-state index contributed by atoms with van der Waals surface area (Å²) < 4.78 is 30.1. The number of carboxylic acid groups (broad SMARTS) is 1. The molecule has 0 radical (unpaired) electrons. The van der Waals surface area contributed by atoms with Gasteiger partial charge in [0.1, 0.15) is 0 Å². The van der Waals surface area contributed by atoms with Crippen molar-refractivity contribution >= 4 is 21.9 Å². The molecule has 1 aliphatic heterocycles. The molecule has 2 heterocycles. The van der Waals surface area contributed by atoms with Gasteiger partial charge < -0.3 is 15.3 Å². The van der Waals surface area contributed by atoms with Crippen molar-refractivity contribution in [2.75, 3.05) is 13.1 Å². The molecule has 2 rings (SSSR count). The molecule has 3 N–H and O–H groups in total. The van der Waals surface area contributed by atoms with Crippen molar-refractivity contribution in [1.82, 2.24) is 4.31 Å². The van der Waals surface area contributed by atoms with Crippen LogP contribution in [0.3, 0.4) is 0 Å². The summed E-state index contributed by atoms with van der Waals surface area (Å²) >= 11 is 0. The number of furan rings is 1. The Bertz CT molecular complexity index is 620. The number of aromatic carboxylic acids is 1. The molecule has 0 bridgehead atoms. The number of hydrogen-bond donors (Lipinski definition) is 2. The molecule has 1 fully saturated rings. The van der Waals surface area contributed by atoms with Crippen LogP contribution in [0, 0.1) is 5.92 Å². The summed E-state index contributed by atoms with van der Waals surface area (Å²) in [6, 6.07) is 2.15. The van der Waals surface area contributed by atoms with Gasteiger partial charge in [-0.1, -0.05) is 0 Å². The Kier molecular flexibility index (Phi) is 3.33. The molecule has 104 valence electrons. The van der Waals surface area contributed by atoms with Crippen molar-refractivity contribution in [1.29, 1.82) is 0 Å². The maximum absolute atomic E-state index is 12.1. The highest BCUT2D eigenvalue weighted by atomic mass is 32.2. The molecule has 1 aliphatic rings. The van der Waals surface area contributed by atoms with Gasteiger partial charge in [0.15, 0.2) is 0 Å². The molecule has 19 heavy (non-hydrogen) atoms. The molecule has 1 aromatic heterocycles. The van der Waals surface area contributed by atoms with E-state index in [1.54, 1.807) is 0 Å². The van der Waals surface area contributed by atoms with Gasteiger partial charge in [-0.2, -0.15) is 4.31 Å². The molecule has 0 spiro atoms. The first-order valence-electron chi connectivity index (χ1n) is 5.45. The van der Waals surface area contributed by atoms with Crippen molar-refractivity contribution in [3.05, 3.63) is 17.9 Å². The highest BCUT2D eigenvalue weighted by Crippen LogP contribution is 2.25. The van der Waals surface area contributed by atoms with Crippen molar-refractivity contribution in [3.8, 4) is 0 Å². The molecule has 1 unspecified atom stereocenters. The minimum absolute atomic E-state index is 0.0131. The zero-order valence-electron chi connectivity index (χ0n) is 9.77. The second-order valence-corrected chi connectivity index (χ2v) is 6.04. The predicted molar refractivity (Wildman–Crippen MR) is 61.7 cm³/mol. The third kappa shape index (κ3) is 2.47. The fourth-order valence-electron chi connectivity index (χ4n) is 1.88. The molecule has 1 amide bonds. The highest BCUT2D eigenvalue weighted by Gasteiger charge is 2.36. The second-order valence-electron chi connectivity index (χ2n) is 4.17. The monoisotopic (exact) mass is 288 g/mol. The smallest absolute Gasteiger partial charge is 0.371 e. The SMILES string of the molecule is NC(=O)C1CCN(S(=O)(=O)c2ccc(C(=O)O)o2)C1. The molecule has 1 saturated heterocycles. The number of carbonyl (C=O) groups excluding carboxylic acids is 1. The van der Waals surface area contributed by atoms with E-state index in [0.717, 1.165) is 16.4 Å². The lowest BCUT2D eigenvalue weighted by Crippen LogP contribution is -2.31. The average molecular weight is 288 g/mol. The van der Waals surface area contributed by atoms with E-state index in [-0.39, 0.29) is 13.1 Å². The largest absolute Gasteiger partial charge is 0.475 e. The Hall–Kier alpha value is -1.87. The Morgan fingerprint density at radius 1 is 1.42 bits per heavy atom. The Labute approximate surface area is 108 Å². The van der Waals surface area contributed by atoms with Gasteiger partial charge in [-0.15, -0.1) is 0 Å². The van der Waals surface area contributed by atoms with Gasteiger partial charge in [0.2, 0.25) is 16.8 Å². The van der Waals surface area contributed by atoms with Crippen molar-refractivity contribution in [2.45, 2.75) is 11.5 Å². The van der Waals surface area contributed by atoms with Gasteiger partial charge in [-0.05, 0) is 18.6 Å². The molecule has 1 atom stereocenters. The molecular weight excluding hydrogens is 276 g/mol.